The molecule has 2 aliphatic rings. The van der Waals surface area contributed by atoms with Crippen molar-refractivity contribution in [3.8, 4) is 11.3 Å². The van der Waals surface area contributed by atoms with Crippen molar-refractivity contribution >= 4 is 11.8 Å². The van der Waals surface area contributed by atoms with Crippen LogP contribution in [0.25, 0.3) is 11.3 Å². The molecule has 2 fully saturated rings. The van der Waals surface area contributed by atoms with Crippen molar-refractivity contribution in [2.75, 3.05) is 30.8 Å². The molecule has 2 aromatic heterocycles. The number of aliphatic hydroxyl groups excluding tert-OH is 1. The summed E-state index contributed by atoms with van der Waals surface area (Å²) in [6.07, 6.45) is 11.8. The minimum atomic E-state index is -0.172. The SMILES string of the molecule is CCC[C@H](C)Nc1ncc(-c2ccc(C[C@H]3CCN(C)C3)cn2)c(N[C@H]2CC[C@H](O)CC2)n1. The number of hydrogen-bond donors (Lipinski definition) is 3. The average Bonchev–Trinajstić information content (AvgIpc) is 3.21. The lowest BCUT2D eigenvalue weighted by Crippen LogP contribution is -2.29. The Kier molecular flexibility index (Phi) is 8.15. The Morgan fingerprint density at radius 3 is 2.61 bits per heavy atom. The van der Waals surface area contributed by atoms with Gasteiger partial charge in [-0.3, -0.25) is 4.98 Å². The van der Waals surface area contributed by atoms with E-state index in [1.54, 1.807) is 0 Å². The van der Waals surface area contributed by atoms with Crippen molar-refractivity contribution in [2.24, 2.45) is 5.92 Å². The Morgan fingerprint density at radius 2 is 1.94 bits per heavy atom. The maximum atomic E-state index is 9.89. The molecule has 1 aliphatic carbocycles. The van der Waals surface area contributed by atoms with Gasteiger partial charge in [0.15, 0.2) is 0 Å². The van der Waals surface area contributed by atoms with Gasteiger partial charge in [0.25, 0.3) is 0 Å². The van der Waals surface area contributed by atoms with E-state index >= 15 is 0 Å². The van der Waals surface area contributed by atoms with Gasteiger partial charge in [0.05, 0.1) is 17.4 Å². The van der Waals surface area contributed by atoms with Crippen molar-refractivity contribution in [3.05, 3.63) is 30.1 Å². The second-order valence-electron chi connectivity index (χ2n) is 10.1. The summed E-state index contributed by atoms with van der Waals surface area (Å²) in [6, 6.07) is 4.94. The van der Waals surface area contributed by atoms with Gasteiger partial charge in [-0.25, -0.2) is 4.98 Å². The number of aliphatic hydroxyl groups is 1. The number of rotatable bonds is 9. The zero-order chi connectivity index (χ0) is 23.2. The standard InChI is InChI=1S/C26H40N6O/c1-4-5-18(2)29-26-28-16-23(25(31-26)30-21-7-9-22(33)10-8-21)24-11-6-19(15-27-24)14-20-12-13-32(3)17-20/h6,11,15-16,18,20-22,33H,4-5,7-10,12-14,17H2,1-3H3,(H2,28,29,30,31)/t18-,20+,21-,22-/m0/s1. The molecule has 4 rings (SSSR count). The van der Waals surface area contributed by atoms with Crippen LogP contribution in [0.3, 0.4) is 0 Å². The quantitative estimate of drug-likeness (QED) is 0.521. The van der Waals surface area contributed by atoms with Crippen molar-refractivity contribution in [1.29, 1.82) is 0 Å². The predicted molar refractivity (Wildman–Crippen MR) is 134 cm³/mol. The fourth-order valence-corrected chi connectivity index (χ4v) is 5.12. The maximum absolute atomic E-state index is 9.89. The van der Waals surface area contributed by atoms with Crippen molar-refractivity contribution in [3.63, 3.8) is 0 Å². The topological polar surface area (TPSA) is 86.2 Å². The fraction of sp³-hybridized carbons (Fsp3) is 0.654. The van der Waals surface area contributed by atoms with E-state index in [4.69, 9.17) is 9.97 Å². The molecular weight excluding hydrogens is 412 g/mol. The molecule has 0 amide bonds. The smallest absolute Gasteiger partial charge is 0.224 e. The lowest BCUT2D eigenvalue weighted by molar-refractivity contribution is 0.126. The van der Waals surface area contributed by atoms with Gasteiger partial charge in [-0.2, -0.15) is 4.98 Å². The summed E-state index contributed by atoms with van der Waals surface area (Å²) in [7, 11) is 2.20. The normalized spacial score (nSPS) is 24.5. The van der Waals surface area contributed by atoms with Crippen LogP contribution >= 0.6 is 0 Å². The summed E-state index contributed by atoms with van der Waals surface area (Å²) in [6.45, 7) is 6.72. The molecule has 0 bridgehead atoms. The molecule has 2 atom stereocenters. The second-order valence-corrected chi connectivity index (χ2v) is 10.1. The average molecular weight is 453 g/mol. The third kappa shape index (κ3) is 6.64. The number of hydrogen-bond acceptors (Lipinski definition) is 7. The van der Waals surface area contributed by atoms with E-state index < -0.39 is 0 Å². The molecule has 2 aromatic rings. The lowest BCUT2D eigenvalue weighted by atomic mass is 9.93. The number of nitrogens with one attached hydrogen (secondary N) is 2. The van der Waals surface area contributed by atoms with E-state index in [0.29, 0.717) is 18.0 Å². The molecule has 3 N–H and O–H groups in total. The van der Waals surface area contributed by atoms with E-state index in [1.165, 1.54) is 25.1 Å². The van der Waals surface area contributed by atoms with E-state index in [-0.39, 0.29) is 6.10 Å². The highest BCUT2D eigenvalue weighted by atomic mass is 16.3. The number of pyridine rings is 1. The summed E-state index contributed by atoms with van der Waals surface area (Å²) in [5.41, 5.74) is 3.12. The van der Waals surface area contributed by atoms with Gasteiger partial charge in [0.2, 0.25) is 5.95 Å². The molecule has 0 unspecified atom stereocenters. The molecule has 7 nitrogen and oxygen atoms in total. The Bertz CT molecular complexity index is 881. The molecule has 0 aromatic carbocycles. The molecule has 33 heavy (non-hydrogen) atoms. The summed E-state index contributed by atoms with van der Waals surface area (Å²) in [5, 5.41) is 17.0. The van der Waals surface area contributed by atoms with E-state index in [9.17, 15) is 5.11 Å². The first-order chi connectivity index (χ1) is 16.0. The summed E-state index contributed by atoms with van der Waals surface area (Å²) in [5.74, 6) is 2.20. The summed E-state index contributed by atoms with van der Waals surface area (Å²) < 4.78 is 0. The lowest BCUT2D eigenvalue weighted by Gasteiger charge is -2.27. The summed E-state index contributed by atoms with van der Waals surface area (Å²) in [4.78, 5) is 16.7. The Morgan fingerprint density at radius 1 is 1.12 bits per heavy atom. The van der Waals surface area contributed by atoms with Crippen LogP contribution in [0.5, 0.6) is 0 Å². The zero-order valence-corrected chi connectivity index (χ0v) is 20.4. The molecule has 1 saturated carbocycles. The highest BCUT2D eigenvalue weighted by Crippen LogP contribution is 2.29. The van der Waals surface area contributed by atoms with Crippen molar-refractivity contribution in [1.82, 2.24) is 19.9 Å². The largest absolute Gasteiger partial charge is 0.393 e. The minimum absolute atomic E-state index is 0.172. The van der Waals surface area contributed by atoms with E-state index in [2.05, 4.69) is 53.5 Å². The van der Waals surface area contributed by atoms with Crippen LogP contribution in [0.4, 0.5) is 11.8 Å². The number of aromatic nitrogens is 3. The third-order valence-electron chi connectivity index (χ3n) is 7.04. The highest BCUT2D eigenvalue weighted by molar-refractivity contribution is 5.73. The molecule has 1 aliphatic heterocycles. The predicted octanol–water partition coefficient (Wildman–Crippen LogP) is 4.35. The van der Waals surface area contributed by atoms with Crippen LogP contribution in [0, 0.1) is 5.92 Å². The highest BCUT2D eigenvalue weighted by Gasteiger charge is 2.22. The molecule has 7 heteroatoms. The molecule has 3 heterocycles. The van der Waals surface area contributed by atoms with Crippen LogP contribution < -0.4 is 10.6 Å². The van der Waals surface area contributed by atoms with Crippen LogP contribution in [0.1, 0.15) is 64.4 Å². The number of likely N-dealkylation sites (tertiary alicyclic amines) is 1. The molecule has 0 radical (unpaired) electrons. The minimum Gasteiger partial charge on any atom is -0.393 e. The third-order valence-corrected chi connectivity index (χ3v) is 7.04. The van der Waals surface area contributed by atoms with Gasteiger partial charge in [0.1, 0.15) is 5.82 Å². The van der Waals surface area contributed by atoms with Gasteiger partial charge in [-0.1, -0.05) is 19.4 Å². The molecule has 0 spiro atoms. The number of anilines is 2. The van der Waals surface area contributed by atoms with E-state index in [1.807, 2.05) is 12.4 Å². The van der Waals surface area contributed by atoms with Crippen molar-refractivity contribution in [2.45, 2.75) is 83.4 Å². The molecule has 1 saturated heterocycles. The monoisotopic (exact) mass is 452 g/mol. The van der Waals surface area contributed by atoms with Gasteiger partial charge in [-0.15, -0.1) is 0 Å². The Balaban J connectivity index is 1.52. The Hall–Kier alpha value is -2.25. The molecular formula is C26H40N6O. The van der Waals surface area contributed by atoms with Gasteiger partial charge in [-0.05, 0) is 83.0 Å². The van der Waals surface area contributed by atoms with Crippen LogP contribution in [-0.2, 0) is 6.42 Å². The Labute approximate surface area is 198 Å². The first-order valence-electron chi connectivity index (χ1n) is 12.7. The van der Waals surface area contributed by atoms with Gasteiger partial charge < -0.3 is 20.6 Å². The first kappa shape index (κ1) is 23.9. The van der Waals surface area contributed by atoms with Crippen LogP contribution in [0.15, 0.2) is 24.5 Å². The van der Waals surface area contributed by atoms with Crippen LogP contribution in [-0.4, -0.2) is 63.3 Å². The van der Waals surface area contributed by atoms with Crippen LogP contribution in [0.2, 0.25) is 0 Å². The van der Waals surface area contributed by atoms with E-state index in [0.717, 1.165) is 67.9 Å². The zero-order valence-electron chi connectivity index (χ0n) is 20.4. The fourth-order valence-electron chi connectivity index (χ4n) is 5.12. The molecule has 180 valence electrons. The summed E-state index contributed by atoms with van der Waals surface area (Å²) >= 11 is 0. The van der Waals surface area contributed by atoms with Gasteiger partial charge in [0, 0.05) is 31.0 Å². The van der Waals surface area contributed by atoms with Gasteiger partial charge >= 0.3 is 0 Å². The maximum Gasteiger partial charge on any atom is 0.224 e. The first-order valence-corrected chi connectivity index (χ1v) is 12.7. The number of nitrogens with zero attached hydrogens (tertiary/aromatic N) is 4. The second kappa shape index (κ2) is 11.3. The van der Waals surface area contributed by atoms with Crippen molar-refractivity contribution < 1.29 is 5.11 Å².